The van der Waals surface area contributed by atoms with Crippen LogP contribution in [0.25, 0.3) is 10.9 Å². The van der Waals surface area contributed by atoms with Gasteiger partial charge in [0.15, 0.2) is 6.61 Å². The number of hydrogen-bond donors (Lipinski definition) is 2. The van der Waals surface area contributed by atoms with E-state index in [0.29, 0.717) is 5.75 Å². The molecule has 0 aliphatic carbocycles. The Bertz CT molecular complexity index is 1000. The maximum Gasteiger partial charge on any atom is 0.258 e. The SMILES string of the molecule is CC(C)(C)c1ccc(OCC(=O)NC(Cc2c[nH]c3ccccc23)C(=O)[O-])cc1. The number of carboxylic acid groups (broad SMARTS) is 1. The summed E-state index contributed by atoms with van der Waals surface area (Å²) >= 11 is 0. The molecule has 0 saturated heterocycles. The highest BCUT2D eigenvalue weighted by Crippen LogP contribution is 2.24. The number of aliphatic carboxylic acids is 1. The van der Waals surface area contributed by atoms with E-state index in [1.165, 1.54) is 0 Å². The number of ether oxygens (including phenoxy) is 1. The molecular weight excluding hydrogens is 368 g/mol. The van der Waals surface area contributed by atoms with Gasteiger partial charge in [0.1, 0.15) is 5.75 Å². The Morgan fingerprint density at radius 1 is 1.10 bits per heavy atom. The van der Waals surface area contributed by atoms with Crippen LogP contribution in [0.3, 0.4) is 0 Å². The number of para-hydroxylation sites is 1. The van der Waals surface area contributed by atoms with E-state index in [9.17, 15) is 14.7 Å². The minimum Gasteiger partial charge on any atom is -0.548 e. The molecule has 2 N–H and O–H groups in total. The summed E-state index contributed by atoms with van der Waals surface area (Å²) in [5.41, 5.74) is 2.90. The van der Waals surface area contributed by atoms with Gasteiger partial charge in [0.25, 0.3) is 5.91 Å². The lowest BCUT2D eigenvalue weighted by Crippen LogP contribution is -2.50. The minimum atomic E-state index is -1.34. The van der Waals surface area contributed by atoms with Crippen LogP contribution in [-0.4, -0.2) is 29.5 Å². The third kappa shape index (κ3) is 5.16. The maximum absolute atomic E-state index is 12.2. The summed E-state index contributed by atoms with van der Waals surface area (Å²) in [4.78, 5) is 26.8. The fourth-order valence-electron chi connectivity index (χ4n) is 3.15. The van der Waals surface area contributed by atoms with Gasteiger partial charge in [-0.25, -0.2) is 0 Å². The van der Waals surface area contributed by atoms with Gasteiger partial charge in [-0.05, 0) is 34.7 Å². The van der Waals surface area contributed by atoms with Crippen LogP contribution in [0.2, 0.25) is 0 Å². The predicted molar refractivity (Wildman–Crippen MR) is 110 cm³/mol. The van der Waals surface area contributed by atoms with Crippen LogP contribution >= 0.6 is 0 Å². The zero-order valence-corrected chi connectivity index (χ0v) is 16.8. The molecule has 3 rings (SSSR count). The molecule has 0 radical (unpaired) electrons. The van der Waals surface area contributed by atoms with Gasteiger partial charge in [0, 0.05) is 23.5 Å². The van der Waals surface area contributed by atoms with Crippen molar-refractivity contribution in [3.8, 4) is 5.75 Å². The van der Waals surface area contributed by atoms with Crippen molar-refractivity contribution in [3.63, 3.8) is 0 Å². The van der Waals surface area contributed by atoms with E-state index in [-0.39, 0.29) is 18.4 Å². The Morgan fingerprint density at radius 3 is 2.45 bits per heavy atom. The Morgan fingerprint density at radius 2 is 1.79 bits per heavy atom. The van der Waals surface area contributed by atoms with E-state index in [1.807, 2.05) is 36.4 Å². The van der Waals surface area contributed by atoms with Crippen molar-refractivity contribution < 1.29 is 19.4 Å². The molecule has 3 aromatic rings. The third-order valence-electron chi connectivity index (χ3n) is 4.81. The molecule has 29 heavy (non-hydrogen) atoms. The fraction of sp³-hybridized carbons (Fsp3) is 0.304. The van der Waals surface area contributed by atoms with Crippen LogP contribution in [0, 0.1) is 0 Å². The number of carbonyl (C=O) groups is 2. The van der Waals surface area contributed by atoms with Crippen molar-refractivity contribution in [2.45, 2.75) is 38.6 Å². The monoisotopic (exact) mass is 393 g/mol. The van der Waals surface area contributed by atoms with Gasteiger partial charge in [-0.3, -0.25) is 4.79 Å². The Kier molecular flexibility index (Phi) is 5.92. The molecule has 0 fully saturated rings. The van der Waals surface area contributed by atoms with E-state index >= 15 is 0 Å². The lowest BCUT2D eigenvalue weighted by molar-refractivity contribution is -0.308. The first-order chi connectivity index (χ1) is 13.7. The summed E-state index contributed by atoms with van der Waals surface area (Å²) in [7, 11) is 0. The highest BCUT2D eigenvalue weighted by molar-refractivity contribution is 5.86. The van der Waals surface area contributed by atoms with Gasteiger partial charge in [-0.1, -0.05) is 51.1 Å². The molecule has 2 aromatic carbocycles. The summed E-state index contributed by atoms with van der Waals surface area (Å²) in [6.45, 7) is 6.07. The first-order valence-corrected chi connectivity index (χ1v) is 9.52. The third-order valence-corrected chi connectivity index (χ3v) is 4.81. The number of nitrogens with one attached hydrogen (secondary N) is 2. The Balaban J connectivity index is 1.59. The number of fused-ring (bicyclic) bond motifs is 1. The topological polar surface area (TPSA) is 94.2 Å². The molecule has 152 valence electrons. The molecule has 1 atom stereocenters. The van der Waals surface area contributed by atoms with Gasteiger partial charge in [0.2, 0.25) is 0 Å². The van der Waals surface area contributed by atoms with Crippen molar-refractivity contribution in [3.05, 3.63) is 65.9 Å². The fourth-order valence-corrected chi connectivity index (χ4v) is 3.15. The number of amides is 1. The lowest BCUT2D eigenvalue weighted by atomic mass is 9.87. The average Bonchev–Trinajstić information content (AvgIpc) is 3.08. The van der Waals surface area contributed by atoms with Crippen molar-refractivity contribution in [1.82, 2.24) is 10.3 Å². The first-order valence-electron chi connectivity index (χ1n) is 9.52. The van der Waals surface area contributed by atoms with Crippen LogP contribution < -0.4 is 15.2 Å². The second kappa shape index (κ2) is 8.39. The first kappa shape index (κ1) is 20.5. The maximum atomic E-state index is 12.2. The number of aromatic nitrogens is 1. The molecule has 0 aliphatic heterocycles. The summed E-state index contributed by atoms with van der Waals surface area (Å²) < 4.78 is 5.49. The molecule has 1 aromatic heterocycles. The molecule has 1 heterocycles. The molecule has 6 heteroatoms. The minimum absolute atomic E-state index is 0.0278. The molecular formula is C23H25N2O4-. The number of H-pyrrole nitrogens is 1. The van der Waals surface area contributed by atoms with Crippen molar-refractivity contribution >= 4 is 22.8 Å². The zero-order chi connectivity index (χ0) is 21.0. The molecule has 0 spiro atoms. The van der Waals surface area contributed by atoms with Gasteiger partial charge >= 0.3 is 0 Å². The normalized spacial score (nSPS) is 12.5. The summed E-state index contributed by atoms with van der Waals surface area (Å²) in [6, 6.07) is 13.9. The van der Waals surface area contributed by atoms with Gasteiger partial charge in [-0.2, -0.15) is 0 Å². The molecule has 0 saturated carbocycles. The number of rotatable bonds is 7. The number of benzene rings is 2. The standard InChI is InChI=1S/C23H26N2O4/c1-23(2,3)16-8-10-17(11-9-16)29-14-21(26)25-20(22(27)28)12-15-13-24-19-7-5-4-6-18(15)19/h4-11,13,20,24H,12,14H2,1-3H3,(H,25,26)(H,27,28)/p-1. The van der Waals surface area contributed by atoms with Crippen molar-refractivity contribution in [1.29, 1.82) is 0 Å². The predicted octanol–water partition coefficient (Wildman–Crippen LogP) is 2.32. The molecule has 1 unspecified atom stereocenters. The van der Waals surface area contributed by atoms with Gasteiger partial charge in [-0.15, -0.1) is 0 Å². The smallest absolute Gasteiger partial charge is 0.258 e. The number of aromatic amines is 1. The van der Waals surface area contributed by atoms with Crippen molar-refractivity contribution in [2.24, 2.45) is 0 Å². The quantitative estimate of drug-likeness (QED) is 0.644. The summed E-state index contributed by atoms with van der Waals surface area (Å²) in [5, 5.41) is 14.9. The molecule has 1 amide bonds. The lowest BCUT2D eigenvalue weighted by Gasteiger charge is -2.20. The van der Waals surface area contributed by atoms with E-state index in [1.54, 1.807) is 18.3 Å². The largest absolute Gasteiger partial charge is 0.548 e. The number of hydrogen-bond acceptors (Lipinski definition) is 4. The van der Waals surface area contributed by atoms with E-state index in [0.717, 1.165) is 22.0 Å². The van der Waals surface area contributed by atoms with Gasteiger partial charge < -0.3 is 24.9 Å². The van der Waals surface area contributed by atoms with E-state index < -0.39 is 17.9 Å². The van der Waals surface area contributed by atoms with Crippen LogP contribution in [0.4, 0.5) is 0 Å². The van der Waals surface area contributed by atoms with E-state index in [4.69, 9.17) is 4.74 Å². The Hall–Kier alpha value is -3.28. The molecule has 0 bridgehead atoms. The van der Waals surface area contributed by atoms with Crippen LogP contribution in [-0.2, 0) is 21.4 Å². The van der Waals surface area contributed by atoms with Crippen LogP contribution in [0.15, 0.2) is 54.7 Å². The second-order valence-electron chi connectivity index (χ2n) is 8.07. The number of carbonyl (C=O) groups excluding carboxylic acids is 2. The summed E-state index contributed by atoms with van der Waals surface area (Å²) in [6.07, 6.45) is 1.87. The Labute approximate surface area is 169 Å². The summed E-state index contributed by atoms with van der Waals surface area (Å²) in [5.74, 6) is -1.30. The van der Waals surface area contributed by atoms with E-state index in [2.05, 4.69) is 31.1 Å². The zero-order valence-electron chi connectivity index (χ0n) is 16.8. The highest BCUT2D eigenvalue weighted by Gasteiger charge is 2.17. The number of carboxylic acids is 1. The highest BCUT2D eigenvalue weighted by atomic mass is 16.5. The molecule has 0 aliphatic rings. The molecule has 6 nitrogen and oxygen atoms in total. The second-order valence-corrected chi connectivity index (χ2v) is 8.07. The van der Waals surface area contributed by atoms with Crippen LogP contribution in [0.5, 0.6) is 5.75 Å². The average molecular weight is 393 g/mol. The van der Waals surface area contributed by atoms with Gasteiger partial charge in [0.05, 0.1) is 12.0 Å². The van der Waals surface area contributed by atoms with Crippen molar-refractivity contribution in [2.75, 3.05) is 6.61 Å². The van der Waals surface area contributed by atoms with Crippen LogP contribution in [0.1, 0.15) is 31.9 Å².